The first-order chi connectivity index (χ1) is 13.1. The van der Waals surface area contributed by atoms with Gasteiger partial charge in [0, 0.05) is 5.56 Å². The average Bonchev–Trinajstić information content (AvgIpc) is 2.72. The number of aryl methyl sites for hydroxylation is 1. The molecule has 0 aromatic heterocycles. The van der Waals surface area contributed by atoms with Crippen molar-refractivity contribution in [1.29, 1.82) is 0 Å². The largest absolute Gasteiger partial charge is 0.480 e. The fraction of sp³-hybridized carbons (Fsp3) is 0.130. The number of carbonyl (C=O) groups excluding carboxylic acids is 1. The van der Waals surface area contributed by atoms with Gasteiger partial charge in [0.2, 0.25) is 5.12 Å². The number of benzene rings is 3. The molecule has 3 aromatic carbocycles. The SMILES string of the molecule is O=C(SC(CCc1ccc(-c2ccccc2)cc1)C(=O)O)c1ccccc1. The molecule has 3 aromatic rings. The summed E-state index contributed by atoms with van der Waals surface area (Å²) in [6.07, 6.45) is 1.02. The zero-order chi connectivity index (χ0) is 19.1. The van der Waals surface area contributed by atoms with E-state index < -0.39 is 11.2 Å². The van der Waals surface area contributed by atoms with Gasteiger partial charge in [0.1, 0.15) is 5.25 Å². The second kappa shape index (κ2) is 9.19. The Morgan fingerprint density at radius 2 is 1.33 bits per heavy atom. The predicted molar refractivity (Wildman–Crippen MR) is 110 cm³/mol. The number of hydrogen-bond acceptors (Lipinski definition) is 3. The standard InChI is InChI=1S/C23H20O3S/c24-22(25)21(27-23(26)20-9-5-2-6-10-20)16-13-17-11-14-19(15-12-17)18-7-3-1-4-8-18/h1-12,14-15,21H,13,16H2,(H,24,25). The van der Waals surface area contributed by atoms with Crippen molar-refractivity contribution in [2.24, 2.45) is 0 Å². The molecule has 27 heavy (non-hydrogen) atoms. The van der Waals surface area contributed by atoms with Gasteiger partial charge in [-0.1, -0.05) is 96.7 Å². The molecule has 1 unspecified atom stereocenters. The first-order valence-electron chi connectivity index (χ1n) is 8.76. The predicted octanol–water partition coefficient (Wildman–Crippen LogP) is 5.31. The Bertz CT molecular complexity index is 890. The molecule has 0 amide bonds. The van der Waals surface area contributed by atoms with Gasteiger partial charge >= 0.3 is 5.97 Å². The lowest BCUT2D eigenvalue weighted by Crippen LogP contribution is -2.19. The maximum absolute atomic E-state index is 12.3. The second-order valence-corrected chi connectivity index (χ2v) is 7.38. The van der Waals surface area contributed by atoms with Crippen LogP contribution in [0.3, 0.4) is 0 Å². The summed E-state index contributed by atoms with van der Waals surface area (Å²) in [6, 6.07) is 27.0. The minimum absolute atomic E-state index is 0.206. The minimum atomic E-state index is -0.954. The highest BCUT2D eigenvalue weighted by atomic mass is 32.2. The van der Waals surface area contributed by atoms with E-state index in [0.717, 1.165) is 28.5 Å². The Labute approximate surface area is 163 Å². The molecule has 3 nitrogen and oxygen atoms in total. The summed E-state index contributed by atoms with van der Waals surface area (Å²) in [4.78, 5) is 23.8. The third kappa shape index (κ3) is 5.31. The molecule has 0 aliphatic rings. The third-order valence-electron chi connectivity index (χ3n) is 4.29. The van der Waals surface area contributed by atoms with Crippen molar-refractivity contribution >= 4 is 22.8 Å². The molecule has 0 heterocycles. The molecule has 1 atom stereocenters. The first-order valence-corrected chi connectivity index (χ1v) is 9.64. The van der Waals surface area contributed by atoms with Gasteiger partial charge < -0.3 is 5.11 Å². The fourth-order valence-corrected chi connectivity index (χ4v) is 3.66. The number of carboxylic acids is 1. The van der Waals surface area contributed by atoms with Crippen LogP contribution in [0, 0.1) is 0 Å². The number of thioether (sulfide) groups is 1. The maximum atomic E-state index is 12.3. The van der Waals surface area contributed by atoms with Gasteiger partial charge in [-0.25, -0.2) is 0 Å². The summed E-state index contributed by atoms with van der Waals surface area (Å²) >= 11 is 0.887. The third-order valence-corrected chi connectivity index (χ3v) is 5.46. The lowest BCUT2D eigenvalue weighted by molar-refractivity contribution is -0.136. The molecular weight excluding hydrogens is 356 g/mol. The van der Waals surface area contributed by atoms with Crippen molar-refractivity contribution < 1.29 is 14.7 Å². The van der Waals surface area contributed by atoms with Crippen molar-refractivity contribution in [2.75, 3.05) is 0 Å². The Hall–Kier alpha value is -2.85. The van der Waals surface area contributed by atoms with Crippen LogP contribution >= 0.6 is 11.8 Å². The molecule has 3 rings (SSSR count). The zero-order valence-corrected chi connectivity index (χ0v) is 15.6. The number of aliphatic carboxylic acids is 1. The van der Waals surface area contributed by atoms with Gasteiger partial charge in [-0.2, -0.15) is 0 Å². The number of carbonyl (C=O) groups is 2. The van der Waals surface area contributed by atoms with E-state index in [2.05, 4.69) is 12.1 Å². The van der Waals surface area contributed by atoms with E-state index in [1.165, 1.54) is 0 Å². The van der Waals surface area contributed by atoms with E-state index in [9.17, 15) is 14.7 Å². The van der Waals surface area contributed by atoms with Crippen molar-refractivity contribution in [3.05, 3.63) is 96.1 Å². The Morgan fingerprint density at radius 3 is 1.93 bits per heavy atom. The Balaban J connectivity index is 1.61. The molecule has 0 spiro atoms. The first kappa shape index (κ1) is 18.9. The van der Waals surface area contributed by atoms with E-state index in [4.69, 9.17) is 0 Å². The molecule has 1 N–H and O–H groups in total. The van der Waals surface area contributed by atoms with Crippen LogP contribution in [0.5, 0.6) is 0 Å². The summed E-state index contributed by atoms with van der Waals surface area (Å²) < 4.78 is 0. The molecule has 0 aliphatic carbocycles. The summed E-state index contributed by atoms with van der Waals surface area (Å²) in [7, 11) is 0. The van der Waals surface area contributed by atoms with Crippen LogP contribution in [0.15, 0.2) is 84.9 Å². The summed E-state index contributed by atoms with van der Waals surface area (Å²) in [5.74, 6) is -0.954. The van der Waals surface area contributed by atoms with Gasteiger partial charge in [-0.3, -0.25) is 9.59 Å². The number of carboxylic acid groups (broad SMARTS) is 1. The van der Waals surface area contributed by atoms with Crippen LogP contribution in [0.2, 0.25) is 0 Å². The van der Waals surface area contributed by atoms with E-state index in [0.29, 0.717) is 18.4 Å². The molecule has 0 radical (unpaired) electrons. The van der Waals surface area contributed by atoms with Gasteiger partial charge in [0.15, 0.2) is 0 Å². The Kier molecular flexibility index (Phi) is 6.44. The van der Waals surface area contributed by atoms with Crippen molar-refractivity contribution in [2.45, 2.75) is 18.1 Å². The average molecular weight is 376 g/mol. The summed E-state index contributed by atoms with van der Waals surface area (Å²) in [5.41, 5.74) is 3.87. The van der Waals surface area contributed by atoms with Gasteiger partial charge in [0.25, 0.3) is 0 Å². The lowest BCUT2D eigenvalue weighted by atomic mass is 10.0. The van der Waals surface area contributed by atoms with Crippen LogP contribution in [0.4, 0.5) is 0 Å². The highest BCUT2D eigenvalue weighted by Crippen LogP contribution is 2.24. The Morgan fingerprint density at radius 1 is 0.778 bits per heavy atom. The fourth-order valence-electron chi connectivity index (χ4n) is 2.80. The maximum Gasteiger partial charge on any atom is 0.317 e. The van der Waals surface area contributed by atoms with E-state index in [1.807, 2.05) is 48.5 Å². The van der Waals surface area contributed by atoms with Gasteiger partial charge in [0.05, 0.1) is 0 Å². The molecule has 4 heteroatoms. The lowest BCUT2D eigenvalue weighted by Gasteiger charge is -2.11. The van der Waals surface area contributed by atoms with E-state index in [-0.39, 0.29) is 5.12 Å². The van der Waals surface area contributed by atoms with Crippen LogP contribution in [0.25, 0.3) is 11.1 Å². The molecule has 136 valence electrons. The molecule has 0 saturated carbocycles. The number of rotatable bonds is 7. The van der Waals surface area contributed by atoms with Crippen LogP contribution < -0.4 is 0 Å². The molecular formula is C23H20O3S. The monoisotopic (exact) mass is 376 g/mol. The van der Waals surface area contributed by atoms with Crippen LogP contribution in [0.1, 0.15) is 22.3 Å². The molecule has 0 fully saturated rings. The van der Waals surface area contributed by atoms with Gasteiger partial charge in [-0.05, 0) is 29.5 Å². The van der Waals surface area contributed by atoms with Crippen LogP contribution in [-0.4, -0.2) is 21.4 Å². The van der Waals surface area contributed by atoms with Crippen molar-refractivity contribution in [3.8, 4) is 11.1 Å². The molecule has 0 bridgehead atoms. The topological polar surface area (TPSA) is 54.4 Å². The zero-order valence-electron chi connectivity index (χ0n) is 14.7. The van der Waals surface area contributed by atoms with Crippen molar-refractivity contribution in [1.82, 2.24) is 0 Å². The smallest absolute Gasteiger partial charge is 0.317 e. The molecule has 0 aliphatic heterocycles. The quantitative estimate of drug-likeness (QED) is 0.607. The minimum Gasteiger partial charge on any atom is -0.480 e. The highest BCUT2D eigenvalue weighted by Gasteiger charge is 2.22. The second-order valence-electron chi connectivity index (χ2n) is 6.20. The van der Waals surface area contributed by atoms with E-state index in [1.54, 1.807) is 24.3 Å². The highest BCUT2D eigenvalue weighted by molar-refractivity contribution is 8.15. The summed E-state index contributed by atoms with van der Waals surface area (Å²) in [5, 5.41) is 8.50. The normalized spacial score (nSPS) is 11.7. The summed E-state index contributed by atoms with van der Waals surface area (Å²) in [6.45, 7) is 0. The van der Waals surface area contributed by atoms with Gasteiger partial charge in [-0.15, -0.1) is 0 Å². The number of hydrogen-bond donors (Lipinski definition) is 1. The van der Waals surface area contributed by atoms with Crippen LogP contribution in [-0.2, 0) is 11.2 Å². The van der Waals surface area contributed by atoms with Crippen molar-refractivity contribution in [3.63, 3.8) is 0 Å². The molecule has 0 saturated heterocycles. The van der Waals surface area contributed by atoms with E-state index >= 15 is 0 Å².